The first-order chi connectivity index (χ1) is 7.66. The Kier molecular flexibility index (Phi) is 4.72. The number of ether oxygens (including phenoxy) is 1. The maximum atomic E-state index is 10.9. The van der Waals surface area contributed by atoms with Gasteiger partial charge in [-0.25, -0.2) is 0 Å². The van der Waals surface area contributed by atoms with Crippen LogP contribution in [-0.2, 0) is 4.74 Å². The molecule has 0 saturated heterocycles. The molecule has 0 amide bonds. The number of anilines is 1. The minimum atomic E-state index is -0.363. The van der Waals surface area contributed by atoms with Crippen molar-refractivity contribution in [2.45, 2.75) is 13.8 Å². The Labute approximate surface area is 94.6 Å². The Balaban J connectivity index is 2.71. The van der Waals surface area contributed by atoms with Gasteiger partial charge in [0.25, 0.3) is 5.69 Å². The molecule has 0 bridgehead atoms. The van der Waals surface area contributed by atoms with E-state index in [1.54, 1.807) is 25.1 Å². The number of nitro benzene ring substituents is 1. The Morgan fingerprint density at radius 2 is 2.25 bits per heavy atom. The molecule has 0 atom stereocenters. The Morgan fingerprint density at radius 3 is 2.88 bits per heavy atom. The van der Waals surface area contributed by atoms with Crippen LogP contribution in [0.5, 0.6) is 0 Å². The first-order valence-electron chi connectivity index (χ1n) is 5.22. The lowest BCUT2D eigenvalue weighted by Gasteiger charge is -2.08. The Morgan fingerprint density at radius 1 is 1.50 bits per heavy atom. The maximum absolute atomic E-state index is 10.9. The normalized spacial score (nSPS) is 10.1. The van der Waals surface area contributed by atoms with E-state index in [1.165, 1.54) is 0 Å². The molecule has 0 radical (unpaired) electrons. The van der Waals surface area contributed by atoms with Crippen LogP contribution in [0.2, 0.25) is 0 Å². The van der Waals surface area contributed by atoms with Crippen LogP contribution < -0.4 is 5.32 Å². The van der Waals surface area contributed by atoms with E-state index < -0.39 is 0 Å². The van der Waals surface area contributed by atoms with Gasteiger partial charge in [-0.2, -0.15) is 0 Å². The van der Waals surface area contributed by atoms with Crippen LogP contribution >= 0.6 is 0 Å². The summed E-state index contributed by atoms with van der Waals surface area (Å²) in [6.07, 6.45) is 0. The minimum Gasteiger partial charge on any atom is -0.380 e. The average Bonchev–Trinajstić information content (AvgIpc) is 2.24. The highest BCUT2D eigenvalue weighted by Gasteiger charge is 2.15. The zero-order valence-corrected chi connectivity index (χ0v) is 9.53. The number of rotatable bonds is 6. The minimum absolute atomic E-state index is 0.138. The second-order valence-electron chi connectivity index (χ2n) is 3.35. The molecule has 1 aromatic rings. The van der Waals surface area contributed by atoms with E-state index in [0.717, 1.165) is 0 Å². The van der Waals surface area contributed by atoms with Crippen molar-refractivity contribution in [3.05, 3.63) is 33.9 Å². The Bertz CT molecular complexity index is 366. The summed E-state index contributed by atoms with van der Waals surface area (Å²) in [6.45, 7) is 5.40. The van der Waals surface area contributed by atoms with Gasteiger partial charge in [-0.1, -0.05) is 12.1 Å². The molecular weight excluding hydrogens is 208 g/mol. The van der Waals surface area contributed by atoms with Gasteiger partial charge in [0.1, 0.15) is 5.69 Å². The molecule has 0 saturated carbocycles. The fraction of sp³-hybridized carbons (Fsp3) is 0.455. The van der Waals surface area contributed by atoms with Crippen molar-refractivity contribution in [3.63, 3.8) is 0 Å². The van der Waals surface area contributed by atoms with Crippen molar-refractivity contribution < 1.29 is 9.66 Å². The zero-order chi connectivity index (χ0) is 12.0. The number of hydrogen-bond donors (Lipinski definition) is 1. The monoisotopic (exact) mass is 224 g/mol. The molecule has 88 valence electrons. The van der Waals surface area contributed by atoms with Crippen molar-refractivity contribution in [1.82, 2.24) is 0 Å². The Hall–Kier alpha value is -1.62. The van der Waals surface area contributed by atoms with Crippen molar-refractivity contribution in [3.8, 4) is 0 Å². The van der Waals surface area contributed by atoms with Gasteiger partial charge in [0, 0.05) is 18.7 Å². The predicted molar refractivity (Wildman–Crippen MR) is 62.8 cm³/mol. The molecule has 0 aliphatic heterocycles. The van der Waals surface area contributed by atoms with Crippen LogP contribution in [0, 0.1) is 17.0 Å². The van der Waals surface area contributed by atoms with Crippen molar-refractivity contribution >= 4 is 11.4 Å². The van der Waals surface area contributed by atoms with E-state index >= 15 is 0 Å². The van der Waals surface area contributed by atoms with Crippen molar-refractivity contribution in [2.24, 2.45) is 0 Å². The predicted octanol–water partition coefficient (Wildman–Crippen LogP) is 2.35. The van der Waals surface area contributed by atoms with E-state index in [0.29, 0.717) is 31.0 Å². The van der Waals surface area contributed by atoms with Crippen LogP contribution in [0.25, 0.3) is 0 Å². The topological polar surface area (TPSA) is 64.4 Å². The summed E-state index contributed by atoms with van der Waals surface area (Å²) in [6, 6.07) is 5.23. The smallest absolute Gasteiger partial charge is 0.295 e. The summed E-state index contributed by atoms with van der Waals surface area (Å²) in [5, 5.41) is 13.9. The summed E-state index contributed by atoms with van der Waals surface area (Å²) < 4.78 is 5.15. The summed E-state index contributed by atoms with van der Waals surface area (Å²) in [7, 11) is 0. The summed E-state index contributed by atoms with van der Waals surface area (Å²) >= 11 is 0. The number of nitro groups is 1. The quantitative estimate of drug-likeness (QED) is 0.457. The lowest BCUT2D eigenvalue weighted by Crippen LogP contribution is -2.10. The molecule has 0 aromatic heterocycles. The number of para-hydroxylation sites is 1. The van der Waals surface area contributed by atoms with E-state index in [1.807, 2.05) is 6.92 Å². The third-order valence-electron chi connectivity index (χ3n) is 2.19. The van der Waals surface area contributed by atoms with Crippen molar-refractivity contribution in [1.29, 1.82) is 0 Å². The largest absolute Gasteiger partial charge is 0.380 e. The highest BCUT2D eigenvalue weighted by atomic mass is 16.6. The molecule has 0 aliphatic rings. The van der Waals surface area contributed by atoms with Gasteiger partial charge in [-0.3, -0.25) is 10.1 Å². The lowest BCUT2D eigenvalue weighted by molar-refractivity contribution is -0.384. The van der Waals surface area contributed by atoms with E-state index in [9.17, 15) is 10.1 Å². The number of nitrogens with zero attached hydrogens (tertiary/aromatic N) is 1. The highest BCUT2D eigenvalue weighted by Crippen LogP contribution is 2.27. The number of benzene rings is 1. The molecule has 0 fully saturated rings. The number of hydrogen-bond acceptors (Lipinski definition) is 4. The molecular formula is C11H16N2O3. The van der Waals surface area contributed by atoms with Crippen molar-refractivity contribution in [2.75, 3.05) is 25.1 Å². The fourth-order valence-corrected chi connectivity index (χ4v) is 1.45. The van der Waals surface area contributed by atoms with Gasteiger partial charge in [0.05, 0.1) is 11.5 Å². The van der Waals surface area contributed by atoms with E-state index in [2.05, 4.69) is 5.32 Å². The molecule has 0 spiro atoms. The van der Waals surface area contributed by atoms with Gasteiger partial charge in [-0.15, -0.1) is 0 Å². The molecule has 0 heterocycles. The SMILES string of the molecule is CCOCCNc1cccc(C)c1[N+](=O)[O-]. The number of aryl methyl sites for hydroxylation is 1. The van der Waals surface area contributed by atoms with Crippen LogP contribution in [0.3, 0.4) is 0 Å². The van der Waals surface area contributed by atoms with Crippen LogP contribution in [0.1, 0.15) is 12.5 Å². The van der Waals surface area contributed by atoms with Crippen LogP contribution in [0.4, 0.5) is 11.4 Å². The fourth-order valence-electron chi connectivity index (χ4n) is 1.45. The number of nitrogens with one attached hydrogen (secondary N) is 1. The lowest BCUT2D eigenvalue weighted by atomic mass is 10.1. The molecule has 16 heavy (non-hydrogen) atoms. The third kappa shape index (κ3) is 3.20. The molecule has 1 aromatic carbocycles. The zero-order valence-electron chi connectivity index (χ0n) is 9.53. The molecule has 1 N–H and O–H groups in total. The van der Waals surface area contributed by atoms with Gasteiger partial charge in [0.15, 0.2) is 0 Å². The average molecular weight is 224 g/mol. The van der Waals surface area contributed by atoms with Crippen LogP contribution in [-0.4, -0.2) is 24.7 Å². The standard InChI is InChI=1S/C11H16N2O3/c1-3-16-8-7-12-10-6-4-5-9(2)11(10)13(14)15/h4-6,12H,3,7-8H2,1-2H3. The maximum Gasteiger partial charge on any atom is 0.295 e. The van der Waals surface area contributed by atoms with Gasteiger partial charge in [0.2, 0.25) is 0 Å². The highest BCUT2D eigenvalue weighted by molar-refractivity contribution is 5.64. The summed E-state index contributed by atoms with van der Waals surface area (Å²) in [4.78, 5) is 10.5. The van der Waals surface area contributed by atoms with E-state index in [4.69, 9.17) is 4.74 Å². The molecule has 5 nitrogen and oxygen atoms in total. The van der Waals surface area contributed by atoms with Crippen LogP contribution in [0.15, 0.2) is 18.2 Å². The summed E-state index contributed by atoms with van der Waals surface area (Å²) in [5.41, 5.74) is 1.34. The molecule has 1 rings (SSSR count). The van der Waals surface area contributed by atoms with Gasteiger partial charge < -0.3 is 10.1 Å². The third-order valence-corrected chi connectivity index (χ3v) is 2.19. The second-order valence-corrected chi connectivity index (χ2v) is 3.35. The van der Waals surface area contributed by atoms with E-state index in [-0.39, 0.29) is 10.6 Å². The van der Waals surface area contributed by atoms with Gasteiger partial charge in [-0.05, 0) is 19.9 Å². The molecule has 5 heteroatoms. The van der Waals surface area contributed by atoms with Gasteiger partial charge >= 0.3 is 0 Å². The molecule has 0 aliphatic carbocycles. The summed E-state index contributed by atoms with van der Waals surface area (Å²) in [5.74, 6) is 0. The second kappa shape index (κ2) is 6.07. The first kappa shape index (κ1) is 12.4. The first-order valence-corrected chi connectivity index (χ1v) is 5.22. The molecule has 0 unspecified atom stereocenters.